The quantitative estimate of drug-likeness (QED) is 0.651. The molecule has 11 heavy (non-hydrogen) atoms. The summed E-state index contributed by atoms with van der Waals surface area (Å²) in [5.41, 5.74) is 5.67. The van der Waals surface area contributed by atoms with Crippen LogP contribution in [0.15, 0.2) is 0 Å². The van der Waals surface area contributed by atoms with Gasteiger partial charge in [-0.05, 0) is 30.7 Å². The van der Waals surface area contributed by atoms with E-state index in [4.69, 9.17) is 5.73 Å². The molecule has 1 rings (SSSR count). The molecule has 2 N–H and O–H groups in total. The predicted molar refractivity (Wildman–Crippen MR) is 49.3 cm³/mol. The topological polar surface area (TPSA) is 26.0 Å². The molecule has 66 valence electrons. The van der Waals surface area contributed by atoms with Crippen molar-refractivity contribution in [3.8, 4) is 0 Å². The highest BCUT2D eigenvalue weighted by Crippen LogP contribution is 2.34. The van der Waals surface area contributed by atoms with Gasteiger partial charge < -0.3 is 5.73 Å². The van der Waals surface area contributed by atoms with Crippen LogP contribution >= 0.6 is 0 Å². The Labute approximate surface area is 70.4 Å². The molecular formula is C10H21N. The van der Waals surface area contributed by atoms with Crippen molar-refractivity contribution in [1.82, 2.24) is 0 Å². The minimum atomic E-state index is 0.741. The minimum Gasteiger partial charge on any atom is -0.330 e. The van der Waals surface area contributed by atoms with Crippen molar-refractivity contribution >= 4 is 0 Å². The third-order valence-electron chi connectivity index (χ3n) is 3.28. The van der Waals surface area contributed by atoms with Crippen molar-refractivity contribution in [2.45, 2.75) is 39.5 Å². The average molecular weight is 155 g/mol. The normalized spacial score (nSPS) is 35.2. The lowest BCUT2D eigenvalue weighted by Crippen LogP contribution is -2.28. The molecule has 2 unspecified atom stereocenters. The fourth-order valence-electron chi connectivity index (χ4n) is 2.37. The molecule has 0 bridgehead atoms. The van der Waals surface area contributed by atoms with Gasteiger partial charge in [0.25, 0.3) is 0 Å². The van der Waals surface area contributed by atoms with Crippen LogP contribution in [0.25, 0.3) is 0 Å². The Morgan fingerprint density at radius 3 is 2.55 bits per heavy atom. The monoisotopic (exact) mass is 155 g/mol. The van der Waals surface area contributed by atoms with Gasteiger partial charge >= 0.3 is 0 Å². The molecule has 3 atom stereocenters. The van der Waals surface area contributed by atoms with Gasteiger partial charge in [-0.25, -0.2) is 0 Å². The van der Waals surface area contributed by atoms with Crippen LogP contribution in [-0.2, 0) is 0 Å². The van der Waals surface area contributed by atoms with E-state index < -0.39 is 0 Å². The van der Waals surface area contributed by atoms with Crippen LogP contribution in [0.4, 0.5) is 0 Å². The zero-order valence-electron chi connectivity index (χ0n) is 7.84. The summed E-state index contributed by atoms with van der Waals surface area (Å²) in [6, 6.07) is 0. The highest BCUT2D eigenvalue weighted by Gasteiger charge is 2.25. The lowest BCUT2D eigenvalue weighted by molar-refractivity contribution is 0.189. The highest BCUT2D eigenvalue weighted by atomic mass is 14.6. The Hall–Kier alpha value is -0.0400. The van der Waals surface area contributed by atoms with Gasteiger partial charge in [0.15, 0.2) is 0 Å². The van der Waals surface area contributed by atoms with Gasteiger partial charge in [0.1, 0.15) is 0 Å². The number of hydrogen-bond donors (Lipinski definition) is 1. The maximum absolute atomic E-state index is 5.67. The summed E-state index contributed by atoms with van der Waals surface area (Å²) in [5.74, 6) is 2.57. The van der Waals surface area contributed by atoms with E-state index >= 15 is 0 Å². The Kier molecular flexibility index (Phi) is 3.38. The Morgan fingerprint density at radius 2 is 2.00 bits per heavy atom. The first-order chi connectivity index (χ1) is 5.25. The van der Waals surface area contributed by atoms with Crippen molar-refractivity contribution in [3.63, 3.8) is 0 Å². The summed E-state index contributed by atoms with van der Waals surface area (Å²) in [4.78, 5) is 0. The molecule has 1 aliphatic carbocycles. The molecule has 0 amide bonds. The Balaban J connectivity index is 2.40. The van der Waals surface area contributed by atoms with Crippen molar-refractivity contribution < 1.29 is 0 Å². The molecule has 0 aliphatic heterocycles. The van der Waals surface area contributed by atoms with Crippen LogP contribution in [-0.4, -0.2) is 6.54 Å². The van der Waals surface area contributed by atoms with Gasteiger partial charge in [-0.15, -0.1) is 0 Å². The van der Waals surface area contributed by atoms with Gasteiger partial charge in [0, 0.05) is 0 Å². The van der Waals surface area contributed by atoms with E-state index in [1.807, 2.05) is 0 Å². The molecule has 0 heterocycles. The molecule has 0 radical (unpaired) electrons. The standard InChI is InChI=1S/C10H21N/c1-8-5-3-4-6-10(8)9(2)7-11/h8-10H,3-7,11H2,1-2H3/t8?,9-,10?/m1/s1. The van der Waals surface area contributed by atoms with E-state index in [1.165, 1.54) is 25.7 Å². The molecule has 0 aromatic heterocycles. The third kappa shape index (κ3) is 2.19. The SMILES string of the molecule is CC1CCCCC1[C@H](C)CN. The van der Waals surface area contributed by atoms with Crippen LogP contribution < -0.4 is 5.73 Å². The summed E-state index contributed by atoms with van der Waals surface area (Å²) in [6.45, 7) is 5.55. The molecule has 0 saturated heterocycles. The van der Waals surface area contributed by atoms with Crippen LogP contribution in [0.2, 0.25) is 0 Å². The molecular weight excluding hydrogens is 134 g/mol. The fourth-order valence-corrected chi connectivity index (χ4v) is 2.37. The second-order valence-corrected chi connectivity index (χ2v) is 4.14. The van der Waals surface area contributed by atoms with Crippen LogP contribution in [0, 0.1) is 17.8 Å². The first kappa shape index (κ1) is 9.05. The van der Waals surface area contributed by atoms with E-state index in [2.05, 4.69) is 13.8 Å². The summed E-state index contributed by atoms with van der Waals surface area (Å²) in [7, 11) is 0. The second-order valence-electron chi connectivity index (χ2n) is 4.14. The summed E-state index contributed by atoms with van der Waals surface area (Å²) in [6.07, 6.45) is 5.71. The smallest absolute Gasteiger partial charge is 0.00488 e. The molecule has 0 aromatic carbocycles. The molecule has 1 heteroatoms. The number of nitrogens with two attached hydrogens (primary N) is 1. The fraction of sp³-hybridized carbons (Fsp3) is 1.00. The van der Waals surface area contributed by atoms with Gasteiger partial charge in [0.05, 0.1) is 0 Å². The molecule has 1 fully saturated rings. The summed E-state index contributed by atoms with van der Waals surface area (Å²) in [5, 5.41) is 0. The lowest BCUT2D eigenvalue weighted by Gasteiger charge is -2.32. The first-order valence-corrected chi connectivity index (χ1v) is 4.95. The summed E-state index contributed by atoms with van der Waals surface area (Å²) < 4.78 is 0. The summed E-state index contributed by atoms with van der Waals surface area (Å²) >= 11 is 0. The lowest BCUT2D eigenvalue weighted by atomic mass is 9.74. The maximum Gasteiger partial charge on any atom is -0.00488 e. The average Bonchev–Trinajstić information content (AvgIpc) is 2.04. The van der Waals surface area contributed by atoms with Gasteiger partial charge in [-0.1, -0.05) is 33.1 Å². The molecule has 1 nitrogen and oxygen atoms in total. The number of hydrogen-bond acceptors (Lipinski definition) is 1. The van der Waals surface area contributed by atoms with E-state index in [0.717, 1.165) is 24.3 Å². The molecule has 1 aliphatic rings. The van der Waals surface area contributed by atoms with E-state index in [0.29, 0.717) is 0 Å². The van der Waals surface area contributed by atoms with Gasteiger partial charge in [-0.2, -0.15) is 0 Å². The van der Waals surface area contributed by atoms with Crippen LogP contribution in [0.5, 0.6) is 0 Å². The third-order valence-corrected chi connectivity index (χ3v) is 3.28. The van der Waals surface area contributed by atoms with E-state index in [9.17, 15) is 0 Å². The van der Waals surface area contributed by atoms with E-state index in [1.54, 1.807) is 0 Å². The first-order valence-electron chi connectivity index (χ1n) is 4.95. The van der Waals surface area contributed by atoms with Crippen molar-refractivity contribution in [3.05, 3.63) is 0 Å². The predicted octanol–water partition coefficient (Wildman–Crippen LogP) is 2.41. The largest absolute Gasteiger partial charge is 0.330 e. The zero-order valence-corrected chi connectivity index (χ0v) is 7.84. The Bertz CT molecular complexity index is 107. The molecule has 0 aromatic rings. The molecule has 1 saturated carbocycles. The zero-order chi connectivity index (χ0) is 8.27. The van der Waals surface area contributed by atoms with Gasteiger partial charge in [-0.3, -0.25) is 0 Å². The highest BCUT2D eigenvalue weighted by molar-refractivity contribution is 4.76. The minimum absolute atomic E-state index is 0.741. The number of rotatable bonds is 2. The van der Waals surface area contributed by atoms with Crippen molar-refractivity contribution in [2.75, 3.05) is 6.54 Å². The van der Waals surface area contributed by atoms with Crippen molar-refractivity contribution in [2.24, 2.45) is 23.5 Å². The Morgan fingerprint density at radius 1 is 1.36 bits per heavy atom. The van der Waals surface area contributed by atoms with Gasteiger partial charge in [0.2, 0.25) is 0 Å². The van der Waals surface area contributed by atoms with Crippen LogP contribution in [0.3, 0.4) is 0 Å². The van der Waals surface area contributed by atoms with E-state index in [-0.39, 0.29) is 0 Å². The molecule has 0 spiro atoms. The second kappa shape index (κ2) is 4.10. The maximum atomic E-state index is 5.67. The van der Waals surface area contributed by atoms with Crippen molar-refractivity contribution in [1.29, 1.82) is 0 Å². The van der Waals surface area contributed by atoms with Crippen LogP contribution in [0.1, 0.15) is 39.5 Å².